The first-order valence-corrected chi connectivity index (χ1v) is 7.87. The first kappa shape index (κ1) is 13.5. The molecule has 1 unspecified atom stereocenters. The van der Waals surface area contributed by atoms with Gasteiger partial charge in [-0.15, -0.1) is 11.6 Å². The third-order valence-corrected chi connectivity index (χ3v) is 4.42. The van der Waals surface area contributed by atoms with Crippen LogP contribution in [0.25, 0.3) is 21.8 Å². The van der Waals surface area contributed by atoms with Gasteiger partial charge in [0.05, 0.1) is 5.38 Å². The molecule has 0 aliphatic heterocycles. The molecule has 3 aromatic rings. The van der Waals surface area contributed by atoms with Gasteiger partial charge in [-0.25, -0.2) is 0 Å². The van der Waals surface area contributed by atoms with Crippen molar-refractivity contribution in [2.75, 3.05) is 0 Å². The molecule has 0 fully saturated rings. The molecule has 1 aromatic heterocycles. The van der Waals surface area contributed by atoms with Crippen molar-refractivity contribution in [2.24, 2.45) is 0 Å². The molecule has 0 radical (unpaired) electrons. The van der Waals surface area contributed by atoms with Gasteiger partial charge in [0.25, 0.3) is 0 Å². The van der Waals surface area contributed by atoms with Crippen molar-refractivity contribution in [3.8, 4) is 0 Å². The van der Waals surface area contributed by atoms with Gasteiger partial charge in [-0.2, -0.15) is 0 Å². The molecular weight excluding hydrogens is 266 g/mol. The highest BCUT2D eigenvalue weighted by Crippen LogP contribution is 2.32. The van der Waals surface area contributed by atoms with Crippen LogP contribution >= 0.6 is 11.6 Å². The summed E-state index contributed by atoms with van der Waals surface area (Å²) in [4.78, 5) is 3.45. The van der Waals surface area contributed by atoms with Crippen LogP contribution in [-0.4, -0.2) is 4.98 Å². The Balaban J connectivity index is 1.95. The molecule has 1 atom stereocenters. The lowest BCUT2D eigenvalue weighted by Gasteiger charge is -2.09. The van der Waals surface area contributed by atoms with Gasteiger partial charge >= 0.3 is 0 Å². The zero-order valence-corrected chi connectivity index (χ0v) is 12.6. The monoisotopic (exact) mass is 285 g/mol. The Hall–Kier alpha value is -1.47. The molecule has 0 aliphatic carbocycles. The number of nitrogens with one attached hydrogen (secondary N) is 1. The molecule has 20 heavy (non-hydrogen) atoms. The van der Waals surface area contributed by atoms with Crippen molar-refractivity contribution in [2.45, 2.75) is 38.0 Å². The maximum atomic E-state index is 6.55. The van der Waals surface area contributed by atoms with E-state index in [1.54, 1.807) is 0 Å². The minimum Gasteiger partial charge on any atom is -0.355 e. The lowest BCUT2D eigenvalue weighted by molar-refractivity contribution is 0.655. The quantitative estimate of drug-likeness (QED) is 0.425. The number of aromatic amines is 1. The molecular formula is C18H20ClN. The van der Waals surface area contributed by atoms with Crippen LogP contribution in [0.3, 0.4) is 0 Å². The zero-order chi connectivity index (χ0) is 13.9. The summed E-state index contributed by atoms with van der Waals surface area (Å²) in [6.45, 7) is 2.22. The van der Waals surface area contributed by atoms with E-state index < -0.39 is 0 Å². The summed E-state index contributed by atoms with van der Waals surface area (Å²) in [6.07, 6.45) is 4.77. The zero-order valence-electron chi connectivity index (χ0n) is 11.8. The van der Waals surface area contributed by atoms with E-state index in [0.29, 0.717) is 0 Å². The van der Waals surface area contributed by atoms with E-state index in [2.05, 4.69) is 54.4 Å². The van der Waals surface area contributed by atoms with Crippen molar-refractivity contribution < 1.29 is 0 Å². The molecule has 2 aromatic carbocycles. The lowest BCUT2D eigenvalue weighted by atomic mass is 10.0. The summed E-state index contributed by atoms with van der Waals surface area (Å²) >= 11 is 6.55. The molecule has 2 heteroatoms. The summed E-state index contributed by atoms with van der Waals surface area (Å²) in [5, 5.41) is 2.68. The molecule has 0 saturated heterocycles. The van der Waals surface area contributed by atoms with E-state index in [1.807, 2.05) is 0 Å². The van der Waals surface area contributed by atoms with Crippen molar-refractivity contribution in [3.63, 3.8) is 0 Å². The molecule has 0 saturated carbocycles. The number of para-hydroxylation sites is 1. The maximum absolute atomic E-state index is 6.55. The predicted octanol–water partition coefficient (Wildman–Crippen LogP) is 6.18. The van der Waals surface area contributed by atoms with Gasteiger partial charge in [0.15, 0.2) is 0 Å². The number of hydrogen-bond donors (Lipinski definition) is 1. The van der Waals surface area contributed by atoms with Gasteiger partial charge in [0.2, 0.25) is 0 Å². The fourth-order valence-electron chi connectivity index (χ4n) is 2.80. The highest BCUT2D eigenvalue weighted by Gasteiger charge is 2.10. The van der Waals surface area contributed by atoms with E-state index in [0.717, 1.165) is 6.42 Å². The Kier molecular flexibility index (Phi) is 3.98. The minimum absolute atomic E-state index is 0.125. The highest BCUT2D eigenvalue weighted by molar-refractivity contribution is 6.21. The van der Waals surface area contributed by atoms with Crippen LogP contribution in [0.4, 0.5) is 0 Å². The summed E-state index contributed by atoms with van der Waals surface area (Å²) in [7, 11) is 0. The fourth-order valence-corrected chi connectivity index (χ4v) is 3.09. The van der Waals surface area contributed by atoms with E-state index in [4.69, 9.17) is 11.6 Å². The number of aromatic nitrogens is 1. The SMILES string of the molecule is CCCCCC(Cl)c1ccc2[nH]c3ccccc3c2c1. The molecule has 0 spiro atoms. The number of rotatable bonds is 5. The molecule has 104 valence electrons. The van der Waals surface area contributed by atoms with Crippen LogP contribution in [0.2, 0.25) is 0 Å². The average molecular weight is 286 g/mol. The minimum atomic E-state index is 0.125. The Labute approximate surface area is 124 Å². The van der Waals surface area contributed by atoms with E-state index in [9.17, 15) is 0 Å². The Morgan fingerprint density at radius 2 is 1.80 bits per heavy atom. The topological polar surface area (TPSA) is 15.8 Å². The lowest BCUT2D eigenvalue weighted by Crippen LogP contribution is -1.90. The van der Waals surface area contributed by atoms with Gasteiger partial charge < -0.3 is 4.98 Å². The predicted molar refractivity (Wildman–Crippen MR) is 88.5 cm³/mol. The van der Waals surface area contributed by atoms with Crippen molar-refractivity contribution in [1.82, 2.24) is 4.98 Å². The Morgan fingerprint density at radius 3 is 2.65 bits per heavy atom. The number of unbranched alkanes of at least 4 members (excludes halogenated alkanes) is 2. The van der Waals surface area contributed by atoms with Crippen LogP contribution in [0.5, 0.6) is 0 Å². The van der Waals surface area contributed by atoms with Gasteiger partial charge in [-0.05, 0) is 30.2 Å². The summed E-state index contributed by atoms with van der Waals surface area (Å²) in [6, 6.07) is 15.0. The van der Waals surface area contributed by atoms with Crippen LogP contribution in [0, 0.1) is 0 Å². The molecule has 1 heterocycles. The summed E-state index contributed by atoms with van der Waals surface area (Å²) < 4.78 is 0. The van der Waals surface area contributed by atoms with Crippen LogP contribution in [-0.2, 0) is 0 Å². The molecule has 1 N–H and O–H groups in total. The normalized spacial score (nSPS) is 13.1. The molecule has 3 rings (SSSR count). The number of alkyl halides is 1. The number of H-pyrrole nitrogens is 1. The fraction of sp³-hybridized carbons (Fsp3) is 0.333. The largest absolute Gasteiger partial charge is 0.355 e. The van der Waals surface area contributed by atoms with Crippen molar-refractivity contribution in [1.29, 1.82) is 0 Å². The van der Waals surface area contributed by atoms with Gasteiger partial charge in [0.1, 0.15) is 0 Å². The third-order valence-electron chi connectivity index (χ3n) is 3.95. The first-order valence-electron chi connectivity index (χ1n) is 7.44. The van der Waals surface area contributed by atoms with Crippen LogP contribution in [0.1, 0.15) is 43.5 Å². The summed E-state index contributed by atoms with van der Waals surface area (Å²) in [5.74, 6) is 0. The molecule has 1 nitrogen and oxygen atoms in total. The van der Waals surface area contributed by atoms with E-state index in [-0.39, 0.29) is 5.38 Å². The van der Waals surface area contributed by atoms with Gasteiger partial charge in [-0.3, -0.25) is 0 Å². The molecule has 0 amide bonds. The van der Waals surface area contributed by atoms with Crippen LogP contribution in [0.15, 0.2) is 42.5 Å². The Morgan fingerprint density at radius 1 is 1.00 bits per heavy atom. The first-order chi connectivity index (χ1) is 9.79. The highest BCUT2D eigenvalue weighted by atomic mass is 35.5. The molecule has 0 aliphatic rings. The average Bonchev–Trinajstić information content (AvgIpc) is 2.85. The van der Waals surface area contributed by atoms with Crippen LogP contribution < -0.4 is 0 Å². The second-order valence-corrected chi connectivity index (χ2v) is 5.97. The number of halogens is 1. The van der Waals surface area contributed by atoms with E-state index >= 15 is 0 Å². The Bertz CT molecular complexity index is 714. The van der Waals surface area contributed by atoms with Gasteiger partial charge in [0, 0.05) is 21.8 Å². The smallest absolute Gasteiger partial charge is 0.0585 e. The number of benzene rings is 2. The summed E-state index contributed by atoms with van der Waals surface area (Å²) in [5.41, 5.74) is 3.61. The van der Waals surface area contributed by atoms with Crippen molar-refractivity contribution >= 4 is 33.4 Å². The van der Waals surface area contributed by atoms with Crippen molar-refractivity contribution in [3.05, 3.63) is 48.0 Å². The number of hydrogen-bond acceptors (Lipinski definition) is 0. The third kappa shape index (κ3) is 2.55. The second-order valence-electron chi connectivity index (χ2n) is 5.44. The van der Waals surface area contributed by atoms with Gasteiger partial charge in [-0.1, -0.05) is 50.5 Å². The standard InChI is InChI=1S/C18H20ClN/c1-2-3-4-8-16(19)13-10-11-18-15(12-13)14-7-5-6-9-17(14)20-18/h5-7,9-12,16,20H,2-4,8H2,1H3. The number of fused-ring (bicyclic) bond motifs is 3. The van der Waals surface area contributed by atoms with E-state index in [1.165, 1.54) is 46.6 Å². The maximum Gasteiger partial charge on any atom is 0.0585 e. The molecule has 0 bridgehead atoms. The second kappa shape index (κ2) is 5.88.